The highest BCUT2D eigenvalue weighted by molar-refractivity contribution is 5.26. The quantitative estimate of drug-likeness (QED) is 0.720. The molecule has 0 aliphatic rings. The summed E-state index contributed by atoms with van der Waals surface area (Å²) in [5, 5.41) is 0. The second-order valence-corrected chi connectivity index (χ2v) is 3.47. The molecule has 1 rings (SSSR count). The Hall–Kier alpha value is -1.03. The van der Waals surface area contributed by atoms with E-state index in [0.29, 0.717) is 12.1 Å². The Kier molecular flexibility index (Phi) is 2.34. The van der Waals surface area contributed by atoms with E-state index in [0.717, 1.165) is 0 Å². The van der Waals surface area contributed by atoms with Gasteiger partial charge in [-0.2, -0.15) is 0 Å². The van der Waals surface area contributed by atoms with Gasteiger partial charge in [0.2, 0.25) is 0 Å². The van der Waals surface area contributed by atoms with E-state index >= 15 is 0 Å². The van der Waals surface area contributed by atoms with Gasteiger partial charge in [0.05, 0.1) is 0 Å². The fourth-order valence-electron chi connectivity index (χ4n) is 1.16. The Balaban J connectivity index is 3.38. The monoisotopic (exact) mass is 189 g/mol. The molecule has 1 nitrogen and oxygen atoms in total. The molecule has 0 heterocycles. The highest BCUT2D eigenvalue weighted by Gasteiger charge is 2.24. The number of hydrogen-bond donors (Lipinski definition) is 1. The smallest absolute Gasteiger partial charge is 0.134 e. The molecule has 0 saturated carbocycles. The Morgan fingerprint density at radius 2 is 1.46 bits per heavy atom. The minimum Gasteiger partial charge on any atom is -0.322 e. The summed E-state index contributed by atoms with van der Waals surface area (Å²) in [5.74, 6) is -2.85. The van der Waals surface area contributed by atoms with Crippen molar-refractivity contribution in [3.8, 4) is 0 Å². The first-order chi connectivity index (χ1) is 5.82. The van der Waals surface area contributed by atoms with Crippen LogP contribution in [0.2, 0.25) is 0 Å². The molecule has 0 aliphatic heterocycles. The SMILES string of the molecule is CC(C)(N)c1c(F)cc(F)cc1F. The highest BCUT2D eigenvalue weighted by atomic mass is 19.1. The molecule has 1 aromatic carbocycles. The first kappa shape index (κ1) is 10.1. The summed E-state index contributed by atoms with van der Waals surface area (Å²) in [5.41, 5.74) is 4.06. The molecule has 0 atom stereocenters. The molecule has 0 aliphatic carbocycles. The first-order valence-electron chi connectivity index (χ1n) is 3.76. The zero-order valence-electron chi connectivity index (χ0n) is 7.37. The van der Waals surface area contributed by atoms with Crippen molar-refractivity contribution in [1.82, 2.24) is 0 Å². The molecule has 0 saturated heterocycles. The second-order valence-electron chi connectivity index (χ2n) is 3.47. The average Bonchev–Trinajstić information content (AvgIpc) is 1.78. The first-order valence-corrected chi connectivity index (χ1v) is 3.76. The number of hydrogen-bond acceptors (Lipinski definition) is 1. The van der Waals surface area contributed by atoms with Crippen LogP contribution in [0.3, 0.4) is 0 Å². The lowest BCUT2D eigenvalue weighted by atomic mass is 9.94. The maximum absolute atomic E-state index is 13.0. The molecule has 2 N–H and O–H groups in total. The summed E-state index contributed by atoms with van der Waals surface area (Å²) >= 11 is 0. The van der Waals surface area contributed by atoms with Crippen LogP contribution in [0.4, 0.5) is 13.2 Å². The van der Waals surface area contributed by atoms with Crippen molar-refractivity contribution in [2.75, 3.05) is 0 Å². The maximum Gasteiger partial charge on any atom is 0.134 e. The predicted octanol–water partition coefficient (Wildman–Crippen LogP) is 2.30. The molecule has 0 spiro atoms. The molecule has 4 heteroatoms. The standard InChI is InChI=1S/C9H10F3N/c1-9(2,13)8-6(11)3-5(10)4-7(8)12/h3-4H,13H2,1-2H3. The summed E-state index contributed by atoms with van der Waals surface area (Å²) in [4.78, 5) is 0. The zero-order chi connectivity index (χ0) is 10.2. The van der Waals surface area contributed by atoms with E-state index in [1.807, 2.05) is 0 Å². The van der Waals surface area contributed by atoms with Gasteiger partial charge in [0.25, 0.3) is 0 Å². The van der Waals surface area contributed by atoms with Crippen molar-refractivity contribution < 1.29 is 13.2 Å². The third kappa shape index (κ3) is 2.01. The van der Waals surface area contributed by atoms with Gasteiger partial charge in [0, 0.05) is 23.2 Å². The lowest BCUT2D eigenvalue weighted by Crippen LogP contribution is -2.31. The molecule has 0 unspecified atom stereocenters. The third-order valence-corrected chi connectivity index (χ3v) is 1.65. The maximum atomic E-state index is 13.0. The normalized spacial score (nSPS) is 11.8. The second kappa shape index (κ2) is 3.03. The summed E-state index contributed by atoms with van der Waals surface area (Å²) in [6.07, 6.45) is 0. The predicted molar refractivity (Wildman–Crippen MR) is 43.5 cm³/mol. The Morgan fingerprint density at radius 1 is 1.08 bits per heavy atom. The van der Waals surface area contributed by atoms with Crippen molar-refractivity contribution in [1.29, 1.82) is 0 Å². The van der Waals surface area contributed by atoms with Crippen LogP contribution in [0, 0.1) is 17.5 Å². The molecule has 13 heavy (non-hydrogen) atoms. The van der Waals surface area contributed by atoms with Crippen LogP contribution in [0.5, 0.6) is 0 Å². The Morgan fingerprint density at radius 3 is 1.77 bits per heavy atom. The molecule has 0 fully saturated rings. The largest absolute Gasteiger partial charge is 0.322 e. The number of nitrogens with two attached hydrogens (primary N) is 1. The van der Waals surface area contributed by atoms with E-state index in [9.17, 15) is 13.2 Å². The number of halogens is 3. The summed E-state index contributed by atoms with van der Waals surface area (Å²) in [7, 11) is 0. The summed E-state index contributed by atoms with van der Waals surface area (Å²) < 4.78 is 38.6. The Labute approximate surface area is 74.4 Å². The van der Waals surface area contributed by atoms with Crippen molar-refractivity contribution in [2.45, 2.75) is 19.4 Å². The molecule has 0 aromatic heterocycles. The molecular weight excluding hydrogens is 179 g/mol. The van der Waals surface area contributed by atoms with E-state index in [-0.39, 0.29) is 5.56 Å². The van der Waals surface area contributed by atoms with E-state index in [1.165, 1.54) is 13.8 Å². The minimum absolute atomic E-state index is 0.297. The molecule has 72 valence electrons. The van der Waals surface area contributed by atoms with E-state index < -0.39 is 23.0 Å². The van der Waals surface area contributed by atoms with Crippen molar-refractivity contribution in [2.24, 2.45) is 5.73 Å². The van der Waals surface area contributed by atoms with Gasteiger partial charge in [-0.05, 0) is 13.8 Å². The minimum atomic E-state index is -1.15. The van der Waals surface area contributed by atoms with Crippen molar-refractivity contribution in [3.05, 3.63) is 35.1 Å². The van der Waals surface area contributed by atoms with Crippen LogP contribution in [0.15, 0.2) is 12.1 Å². The molecule has 1 aromatic rings. The van der Waals surface area contributed by atoms with Crippen LogP contribution >= 0.6 is 0 Å². The van der Waals surface area contributed by atoms with Crippen LogP contribution in [0.1, 0.15) is 19.4 Å². The topological polar surface area (TPSA) is 26.0 Å². The lowest BCUT2D eigenvalue weighted by molar-refractivity contribution is 0.449. The third-order valence-electron chi connectivity index (χ3n) is 1.65. The van der Waals surface area contributed by atoms with Gasteiger partial charge in [0.1, 0.15) is 17.5 Å². The van der Waals surface area contributed by atoms with Crippen molar-refractivity contribution >= 4 is 0 Å². The van der Waals surface area contributed by atoms with Gasteiger partial charge in [-0.1, -0.05) is 0 Å². The Bertz CT molecular complexity index is 305. The van der Waals surface area contributed by atoms with Gasteiger partial charge in [-0.3, -0.25) is 0 Å². The van der Waals surface area contributed by atoms with Crippen LogP contribution < -0.4 is 5.73 Å². The van der Waals surface area contributed by atoms with Gasteiger partial charge < -0.3 is 5.73 Å². The molecule has 0 radical (unpaired) electrons. The van der Waals surface area contributed by atoms with Crippen LogP contribution in [-0.4, -0.2) is 0 Å². The summed E-state index contributed by atoms with van der Waals surface area (Å²) in [6.45, 7) is 2.90. The number of rotatable bonds is 1. The van der Waals surface area contributed by atoms with Crippen molar-refractivity contribution in [3.63, 3.8) is 0 Å². The molecular formula is C9H10F3N. The number of benzene rings is 1. The average molecular weight is 189 g/mol. The van der Waals surface area contributed by atoms with Gasteiger partial charge >= 0.3 is 0 Å². The van der Waals surface area contributed by atoms with E-state index in [1.54, 1.807) is 0 Å². The lowest BCUT2D eigenvalue weighted by Gasteiger charge is -2.20. The van der Waals surface area contributed by atoms with E-state index in [2.05, 4.69) is 0 Å². The highest BCUT2D eigenvalue weighted by Crippen LogP contribution is 2.24. The van der Waals surface area contributed by atoms with Gasteiger partial charge in [-0.25, -0.2) is 13.2 Å². The fraction of sp³-hybridized carbons (Fsp3) is 0.333. The van der Waals surface area contributed by atoms with Gasteiger partial charge in [-0.15, -0.1) is 0 Å². The van der Waals surface area contributed by atoms with Crippen LogP contribution in [-0.2, 0) is 5.54 Å². The zero-order valence-corrected chi connectivity index (χ0v) is 7.37. The molecule has 0 bridgehead atoms. The molecule has 0 amide bonds. The van der Waals surface area contributed by atoms with Crippen LogP contribution in [0.25, 0.3) is 0 Å². The fourth-order valence-corrected chi connectivity index (χ4v) is 1.16. The summed E-state index contributed by atoms with van der Waals surface area (Å²) in [6, 6.07) is 1.24. The van der Waals surface area contributed by atoms with E-state index in [4.69, 9.17) is 5.73 Å². The van der Waals surface area contributed by atoms with Gasteiger partial charge in [0.15, 0.2) is 0 Å².